The van der Waals surface area contributed by atoms with Crippen LogP contribution in [0.3, 0.4) is 0 Å². The highest BCUT2D eigenvalue weighted by Crippen LogP contribution is 2.30. The maximum atomic E-state index is 15.2. The lowest BCUT2D eigenvalue weighted by Crippen LogP contribution is -2.26. The summed E-state index contributed by atoms with van der Waals surface area (Å²) in [5, 5.41) is 9.10. The average Bonchev–Trinajstić information content (AvgIpc) is 3.32. The molecule has 14 heteroatoms. The Kier molecular flexibility index (Phi) is 8.11. The van der Waals surface area contributed by atoms with E-state index in [4.69, 9.17) is 5.11 Å². The molecule has 206 valence electrons. The number of sulfonamides is 2. The standard InChI is InChI=1S/C25H24F2N4O6S2/c1-2-11-38(34,35)31-21-8-7-20(26)22(23(21)27)24(33)19-14-29-25-18(19)12-16(13-28-25)15-3-5-17(6-4-15)39(36,37)30-9-10-32/h3-8,12-14,30-32H,2,9-11H2,1H3,(H,28,29). The van der Waals surface area contributed by atoms with Gasteiger partial charge in [-0.25, -0.2) is 35.3 Å². The molecule has 0 aliphatic heterocycles. The average molecular weight is 579 g/mol. The molecule has 0 unspecified atom stereocenters. The number of anilines is 1. The predicted octanol–water partition coefficient (Wildman–Crippen LogP) is 3.16. The van der Waals surface area contributed by atoms with E-state index in [1.54, 1.807) is 13.0 Å². The number of nitrogens with zero attached hydrogens (tertiary/aromatic N) is 1. The van der Waals surface area contributed by atoms with Crippen molar-refractivity contribution in [2.45, 2.75) is 18.2 Å². The van der Waals surface area contributed by atoms with Crippen molar-refractivity contribution in [3.05, 3.63) is 77.6 Å². The molecule has 0 aliphatic rings. The molecule has 0 fully saturated rings. The number of aliphatic hydroxyl groups excluding tert-OH is 1. The molecule has 0 spiro atoms. The zero-order valence-corrected chi connectivity index (χ0v) is 22.2. The van der Waals surface area contributed by atoms with Gasteiger partial charge in [0.15, 0.2) is 5.82 Å². The van der Waals surface area contributed by atoms with Gasteiger partial charge in [0.1, 0.15) is 11.5 Å². The number of halogens is 2. The van der Waals surface area contributed by atoms with Crippen LogP contribution in [0.25, 0.3) is 22.2 Å². The molecule has 0 saturated carbocycles. The minimum atomic E-state index is -3.90. The Balaban J connectivity index is 1.70. The fourth-order valence-electron chi connectivity index (χ4n) is 3.90. The number of aromatic amines is 1. The molecule has 0 atom stereocenters. The Hall–Kier alpha value is -3.72. The number of rotatable bonds is 11. The third-order valence-corrected chi connectivity index (χ3v) is 8.69. The highest BCUT2D eigenvalue weighted by atomic mass is 32.2. The summed E-state index contributed by atoms with van der Waals surface area (Å²) in [6.07, 6.45) is 3.00. The number of hydrogen-bond acceptors (Lipinski definition) is 7. The number of ketones is 1. The first-order valence-electron chi connectivity index (χ1n) is 11.7. The van der Waals surface area contributed by atoms with Crippen molar-refractivity contribution in [3.8, 4) is 11.1 Å². The lowest BCUT2D eigenvalue weighted by Gasteiger charge is -2.11. The molecule has 10 nitrogen and oxygen atoms in total. The fourth-order valence-corrected chi connectivity index (χ4v) is 6.05. The topological polar surface area (TPSA) is 158 Å². The third-order valence-electron chi connectivity index (χ3n) is 5.73. The largest absolute Gasteiger partial charge is 0.395 e. The van der Waals surface area contributed by atoms with E-state index in [1.807, 2.05) is 4.72 Å². The molecule has 0 amide bonds. The van der Waals surface area contributed by atoms with E-state index in [9.17, 15) is 26.0 Å². The number of H-pyrrole nitrogens is 1. The minimum absolute atomic E-state index is 0.0216. The van der Waals surface area contributed by atoms with Crippen molar-refractivity contribution in [1.82, 2.24) is 14.7 Å². The van der Waals surface area contributed by atoms with Gasteiger partial charge in [-0.15, -0.1) is 0 Å². The van der Waals surface area contributed by atoms with E-state index in [0.717, 1.165) is 12.1 Å². The Labute approximate surface area is 223 Å². The molecule has 0 radical (unpaired) electrons. The van der Waals surface area contributed by atoms with Gasteiger partial charge in [0.05, 0.1) is 28.5 Å². The summed E-state index contributed by atoms with van der Waals surface area (Å²) < 4.78 is 82.9. The molecule has 39 heavy (non-hydrogen) atoms. The molecule has 0 aliphatic carbocycles. The van der Waals surface area contributed by atoms with Crippen LogP contribution in [-0.4, -0.2) is 56.6 Å². The molecule has 2 heterocycles. The van der Waals surface area contributed by atoms with E-state index in [-0.39, 0.29) is 46.8 Å². The Morgan fingerprint density at radius 1 is 1.05 bits per heavy atom. The summed E-state index contributed by atoms with van der Waals surface area (Å²) in [5.74, 6) is -3.82. The summed E-state index contributed by atoms with van der Waals surface area (Å²) >= 11 is 0. The third kappa shape index (κ3) is 5.98. The fraction of sp³-hybridized carbons (Fsp3) is 0.200. The van der Waals surface area contributed by atoms with Gasteiger partial charge in [0.2, 0.25) is 25.8 Å². The van der Waals surface area contributed by atoms with Crippen molar-refractivity contribution in [2.24, 2.45) is 0 Å². The summed E-state index contributed by atoms with van der Waals surface area (Å²) in [6.45, 7) is 1.14. The van der Waals surface area contributed by atoms with Crippen LogP contribution in [0.15, 0.2) is 59.8 Å². The smallest absolute Gasteiger partial charge is 0.240 e. The van der Waals surface area contributed by atoms with Crippen molar-refractivity contribution < 1.29 is 35.5 Å². The summed E-state index contributed by atoms with van der Waals surface area (Å²) in [4.78, 5) is 20.3. The van der Waals surface area contributed by atoms with Crippen LogP contribution in [0.4, 0.5) is 14.5 Å². The maximum absolute atomic E-state index is 15.2. The molecule has 2 aromatic heterocycles. The van der Waals surface area contributed by atoms with Crippen LogP contribution in [-0.2, 0) is 20.0 Å². The van der Waals surface area contributed by atoms with Gasteiger partial charge in [0.25, 0.3) is 0 Å². The number of hydrogen-bond donors (Lipinski definition) is 4. The van der Waals surface area contributed by atoms with Gasteiger partial charge >= 0.3 is 0 Å². The van der Waals surface area contributed by atoms with Crippen LogP contribution in [0.2, 0.25) is 0 Å². The molecule has 4 aromatic rings. The number of carbonyl (C=O) groups excluding carboxylic acids is 1. The van der Waals surface area contributed by atoms with Gasteiger partial charge in [-0.2, -0.15) is 0 Å². The zero-order chi connectivity index (χ0) is 28.4. The second-order valence-corrected chi connectivity index (χ2v) is 12.1. The summed E-state index contributed by atoms with van der Waals surface area (Å²) in [5.41, 5.74) is -0.271. The van der Waals surface area contributed by atoms with Crippen molar-refractivity contribution in [3.63, 3.8) is 0 Å². The molecular formula is C25H24F2N4O6S2. The van der Waals surface area contributed by atoms with E-state index in [1.165, 1.54) is 36.7 Å². The van der Waals surface area contributed by atoms with Gasteiger partial charge in [-0.1, -0.05) is 19.1 Å². The van der Waals surface area contributed by atoms with Crippen LogP contribution >= 0.6 is 0 Å². The summed E-state index contributed by atoms with van der Waals surface area (Å²) in [6, 6.07) is 9.04. The van der Waals surface area contributed by atoms with Gasteiger partial charge < -0.3 is 10.1 Å². The number of carbonyl (C=O) groups is 1. The number of nitrogens with one attached hydrogen (secondary N) is 3. The van der Waals surface area contributed by atoms with E-state index in [0.29, 0.717) is 11.1 Å². The first-order chi connectivity index (χ1) is 18.5. The van der Waals surface area contributed by atoms with Gasteiger partial charge in [-0.05, 0) is 42.3 Å². The lowest BCUT2D eigenvalue weighted by molar-refractivity contribution is 0.103. The Morgan fingerprint density at radius 3 is 2.44 bits per heavy atom. The van der Waals surface area contributed by atoms with Crippen LogP contribution in [0.5, 0.6) is 0 Å². The highest BCUT2D eigenvalue weighted by Gasteiger charge is 2.26. The molecule has 4 N–H and O–H groups in total. The molecule has 0 saturated heterocycles. The van der Waals surface area contributed by atoms with Gasteiger partial charge in [0, 0.05) is 35.5 Å². The van der Waals surface area contributed by atoms with E-state index in [2.05, 4.69) is 14.7 Å². The number of benzene rings is 2. The molecule has 2 aromatic carbocycles. The normalized spacial score (nSPS) is 12.1. The highest BCUT2D eigenvalue weighted by molar-refractivity contribution is 7.92. The molecular weight excluding hydrogens is 554 g/mol. The number of pyridine rings is 1. The first-order valence-corrected chi connectivity index (χ1v) is 14.8. The van der Waals surface area contributed by atoms with Crippen molar-refractivity contribution >= 4 is 42.6 Å². The van der Waals surface area contributed by atoms with Crippen LogP contribution in [0, 0.1) is 11.6 Å². The van der Waals surface area contributed by atoms with E-state index >= 15 is 4.39 Å². The number of aliphatic hydroxyl groups is 1. The first kappa shape index (κ1) is 28.3. The predicted molar refractivity (Wildman–Crippen MR) is 141 cm³/mol. The maximum Gasteiger partial charge on any atom is 0.240 e. The lowest BCUT2D eigenvalue weighted by atomic mass is 10.00. The van der Waals surface area contributed by atoms with Crippen molar-refractivity contribution in [2.75, 3.05) is 23.6 Å². The van der Waals surface area contributed by atoms with Gasteiger partial charge in [-0.3, -0.25) is 9.52 Å². The number of fused-ring (bicyclic) bond motifs is 1. The van der Waals surface area contributed by atoms with Crippen LogP contribution in [0.1, 0.15) is 29.3 Å². The van der Waals surface area contributed by atoms with Crippen molar-refractivity contribution in [1.29, 1.82) is 0 Å². The van der Waals surface area contributed by atoms with E-state index < -0.39 is 48.7 Å². The minimum Gasteiger partial charge on any atom is -0.395 e. The Morgan fingerprint density at radius 2 is 1.77 bits per heavy atom. The second-order valence-electron chi connectivity index (χ2n) is 8.50. The zero-order valence-electron chi connectivity index (χ0n) is 20.5. The monoisotopic (exact) mass is 578 g/mol. The number of aromatic nitrogens is 2. The quantitative estimate of drug-likeness (QED) is 0.199. The Bertz CT molecular complexity index is 1760. The van der Waals surface area contributed by atoms with Crippen LogP contribution < -0.4 is 9.44 Å². The SMILES string of the molecule is CCCS(=O)(=O)Nc1ccc(F)c(C(=O)c2c[nH]c3ncc(-c4ccc(S(=O)(=O)NCCO)cc4)cc23)c1F. The second kappa shape index (κ2) is 11.2. The molecule has 4 rings (SSSR count). The summed E-state index contributed by atoms with van der Waals surface area (Å²) in [7, 11) is -7.71. The molecule has 0 bridgehead atoms.